The van der Waals surface area contributed by atoms with Gasteiger partial charge in [-0.2, -0.15) is 9.61 Å². The van der Waals surface area contributed by atoms with Crippen molar-refractivity contribution in [3.05, 3.63) is 47.4 Å². The first-order valence-electron chi connectivity index (χ1n) is 8.21. The minimum Gasteiger partial charge on any atom is -0.373 e. The van der Waals surface area contributed by atoms with Crippen molar-refractivity contribution >= 4 is 33.7 Å². The molecule has 124 valence electrons. The van der Waals surface area contributed by atoms with Crippen LogP contribution in [0.5, 0.6) is 0 Å². The molecule has 0 amide bonds. The number of benzene rings is 1. The molecule has 1 aliphatic heterocycles. The Hall–Kier alpha value is -2.73. The lowest BCUT2D eigenvalue weighted by atomic mass is 10.1. The second-order valence-electron chi connectivity index (χ2n) is 6.33. The number of fused-ring (bicyclic) bond motifs is 4. The van der Waals surface area contributed by atoms with Crippen LogP contribution in [0.3, 0.4) is 0 Å². The Balaban J connectivity index is 1.73. The molecule has 4 aromatic rings. The van der Waals surface area contributed by atoms with Gasteiger partial charge in [0.1, 0.15) is 5.15 Å². The van der Waals surface area contributed by atoms with Gasteiger partial charge in [-0.15, -0.1) is 10.2 Å². The number of aryl methyl sites for hydroxylation is 1. The number of hydrogen-bond donors (Lipinski definition) is 0. The van der Waals surface area contributed by atoms with Crippen LogP contribution in [0.2, 0.25) is 5.15 Å². The predicted molar refractivity (Wildman–Crippen MR) is 98.1 cm³/mol. The number of rotatable bonds is 1. The van der Waals surface area contributed by atoms with E-state index in [0.29, 0.717) is 11.0 Å². The molecule has 25 heavy (non-hydrogen) atoms. The zero-order valence-corrected chi connectivity index (χ0v) is 14.4. The second kappa shape index (κ2) is 5.39. The summed E-state index contributed by atoms with van der Waals surface area (Å²) >= 11 is 6.24. The number of aromatic nitrogens is 5. The third-order valence-electron chi connectivity index (χ3n) is 4.82. The highest BCUT2D eigenvalue weighted by Gasteiger charge is 2.21. The van der Waals surface area contributed by atoms with E-state index in [0.717, 1.165) is 47.1 Å². The largest absolute Gasteiger partial charge is 0.373 e. The highest BCUT2D eigenvalue weighted by Crippen LogP contribution is 2.31. The second-order valence-corrected chi connectivity index (χ2v) is 6.69. The number of anilines is 1. The maximum absolute atomic E-state index is 6.24. The third-order valence-corrected chi connectivity index (χ3v) is 5.12. The van der Waals surface area contributed by atoms with E-state index in [9.17, 15) is 0 Å². The van der Waals surface area contributed by atoms with Crippen LogP contribution in [0.25, 0.3) is 27.8 Å². The van der Waals surface area contributed by atoms with E-state index in [1.165, 1.54) is 5.56 Å². The first kappa shape index (κ1) is 14.6. The van der Waals surface area contributed by atoms with Gasteiger partial charge in [-0.3, -0.25) is 0 Å². The molecule has 0 N–H and O–H groups in total. The molecule has 6 nitrogen and oxygen atoms in total. The van der Waals surface area contributed by atoms with Crippen molar-refractivity contribution in [1.29, 1.82) is 0 Å². The van der Waals surface area contributed by atoms with Crippen molar-refractivity contribution in [2.24, 2.45) is 0 Å². The SMILES string of the molecule is CN1CCCc2c1cnn1c(-c3ccc4ccnc(Cl)c4c3)nnc21. The molecule has 0 spiro atoms. The summed E-state index contributed by atoms with van der Waals surface area (Å²) in [6.45, 7) is 1.04. The number of nitrogens with zero attached hydrogens (tertiary/aromatic N) is 6. The Labute approximate surface area is 149 Å². The van der Waals surface area contributed by atoms with E-state index in [4.69, 9.17) is 11.6 Å². The average molecular weight is 351 g/mol. The highest BCUT2D eigenvalue weighted by molar-refractivity contribution is 6.34. The molecule has 0 aliphatic carbocycles. The van der Waals surface area contributed by atoms with Crippen LogP contribution in [0.15, 0.2) is 36.7 Å². The monoisotopic (exact) mass is 350 g/mol. The Morgan fingerprint density at radius 2 is 2.08 bits per heavy atom. The smallest absolute Gasteiger partial charge is 0.185 e. The van der Waals surface area contributed by atoms with E-state index >= 15 is 0 Å². The highest BCUT2D eigenvalue weighted by atomic mass is 35.5. The Morgan fingerprint density at radius 1 is 1.16 bits per heavy atom. The first-order chi connectivity index (χ1) is 12.2. The predicted octanol–water partition coefficient (Wildman–Crippen LogP) is 3.38. The van der Waals surface area contributed by atoms with Crippen molar-refractivity contribution in [2.45, 2.75) is 12.8 Å². The minimum absolute atomic E-state index is 0.486. The fourth-order valence-corrected chi connectivity index (χ4v) is 3.74. The number of halogens is 1. The van der Waals surface area contributed by atoms with Gasteiger partial charge in [0, 0.05) is 36.3 Å². The van der Waals surface area contributed by atoms with Gasteiger partial charge >= 0.3 is 0 Å². The Morgan fingerprint density at radius 3 is 3.00 bits per heavy atom. The fraction of sp³-hybridized carbons (Fsp3) is 0.222. The maximum Gasteiger partial charge on any atom is 0.185 e. The lowest BCUT2D eigenvalue weighted by Gasteiger charge is -2.26. The van der Waals surface area contributed by atoms with Gasteiger partial charge in [0.05, 0.1) is 11.9 Å². The lowest BCUT2D eigenvalue weighted by Crippen LogP contribution is -2.25. The van der Waals surface area contributed by atoms with E-state index in [-0.39, 0.29) is 0 Å². The van der Waals surface area contributed by atoms with E-state index in [1.54, 1.807) is 6.20 Å². The molecule has 7 heteroatoms. The molecule has 0 atom stereocenters. The molecule has 0 radical (unpaired) electrons. The number of pyridine rings is 1. The molecule has 3 aromatic heterocycles. The van der Waals surface area contributed by atoms with Gasteiger partial charge in [0.25, 0.3) is 0 Å². The summed E-state index contributed by atoms with van der Waals surface area (Å²) < 4.78 is 1.82. The summed E-state index contributed by atoms with van der Waals surface area (Å²) in [5.41, 5.74) is 4.11. The molecule has 1 aromatic carbocycles. The van der Waals surface area contributed by atoms with Crippen LogP contribution >= 0.6 is 11.6 Å². The molecule has 4 heterocycles. The molecule has 1 aliphatic rings. The summed E-state index contributed by atoms with van der Waals surface area (Å²) in [5, 5.41) is 15.8. The molecule has 0 unspecified atom stereocenters. The van der Waals surface area contributed by atoms with Crippen LogP contribution in [0.1, 0.15) is 12.0 Å². The van der Waals surface area contributed by atoms with E-state index in [2.05, 4.69) is 32.2 Å². The topological polar surface area (TPSA) is 59.2 Å². The summed E-state index contributed by atoms with van der Waals surface area (Å²) in [6, 6.07) is 7.97. The van der Waals surface area contributed by atoms with Gasteiger partial charge in [-0.25, -0.2) is 4.98 Å². The molecular weight excluding hydrogens is 336 g/mol. The standard InChI is InChI=1S/C18H15ClN6/c1-24-8-2-3-13-15(24)10-21-25-17(22-23-18(13)25)12-5-4-11-6-7-20-16(19)14(11)9-12/h4-7,9-10H,2-3,8H2,1H3. The molecule has 0 fully saturated rings. The van der Waals surface area contributed by atoms with Crippen molar-refractivity contribution in [2.75, 3.05) is 18.5 Å². The van der Waals surface area contributed by atoms with Crippen molar-refractivity contribution in [1.82, 2.24) is 24.8 Å². The van der Waals surface area contributed by atoms with E-state index < -0.39 is 0 Å². The van der Waals surface area contributed by atoms with Gasteiger partial charge < -0.3 is 4.90 Å². The van der Waals surface area contributed by atoms with Crippen LogP contribution in [0.4, 0.5) is 5.69 Å². The van der Waals surface area contributed by atoms with Crippen molar-refractivity contribution < 1.29 is 0 Å². The van der Waals surface area contributed by atoms with Crippen molar-refractivity contribution in [3.8, 4) is 11.4 Å². The van der Waals surface area contributed by atoms with Gasteiger partial charge in [-0.1, -0.05) is 23.7 Å². The summed E-state index contributed by atoms with van der Waals surface area (Å²) in [7, 11) is 2.09. The molecular formula is C18H15ClN6. The molecule has 0 saturated heterocycles. The minimum atomic E-state index is 0.486. The van der Waals surface area contributed by atoms with E-state index in [1.807, 2.05) is 35.0 Å². The quantitative estimate of drug-likeness (QED) is 0.492. The third kappa shape index (κ3) is 2.17. The zero-order chi connectivity index (χ0) is 17.0. The van der Waals surface area contributed by atoms with Gasteiger partial charge in [-0.05, 0) is 30.4 Å². The van der Waals surface area contributed by atoms with Crippen LogP contribution in [0, 0.1) is 0 Å². The average Bonchev–Trinajstić information content (AvgIpc) is 3.07. The van der Waals surface area contributed by atoms with Crippen molar-refractivity contribution in [3.63, 3.8) is 0 Å². The van der Waals surface area contributed by atoms with Crippen LogP contribution in [-0.4, -0.2) is 38.4 Å². The Bertz CT molecular complexity index is 1120. The summed E-state index contributed by atoms with van der Waals surface area (Å²) in [6.07, 6.45) is 5.73. The molecule has 0 saturated carbocycles. The summed E-state index contributed by atoms with van der Waals surface area (Å²) in [4.78, 5) is 6.38. The summed E-state index contributed by atoms with van der Waals surface area (Å²) in [5.74, 6) is 0.716. The molecule has 5 rings (SSSR count). The Kier molecular flexibility index (Phi) is 3.15. The maximum atomic E-state index is 6.24. The zero-order valence-electron chi connectivity index (χ0n) is 13.6. The van der Waals surface area contributed by atoms with Crippen LogP contribution in [-0.2, 0) is 6.42 Å². The van der Waals surface area contributed by atoms with Gasteiger partial charge in [0.2, 0.25) is 0 Å². The number of hydrogen-bond acceptors (Lipinski definition) is 5. The normalized spacial score (nSPS) is 14.2. The lowest BCUT2D eigenvalue weighted by molar-refractivity contribution is 0.732. The van der Waals surface area contributed by atoms with Gasteiger partial charge in [0.15, 0.2) is 11.5 Å². The fourth-order valence-electron chi connectivity index (χ4n) is 3.52. The molecule has 0 bridgehead atoms. The first-order valence-corrected chi connectivity index (χ1v) is 8.59. The van der Waals surface area contributed by atoms with Crippen LogP contribution < -0.4 is 4.90 Å².